The van der Waals surface area contributed by atoms with Crippen molar-refractivity contribution < 1.29 is 9.84 Å². The summed E-state index contributed by atoms with van der Waals surface area (Å²) in [4.78, 5) is 4.78. The minimum absolute atomic E-state index is 0.188. The van der Waals surface area contributed by atoms with Gasteiger partial charge in [-0.05, 0) is 6.92 Å². The van der Waals surface area contributed by atoms with Crippen molar-refractivity contribution in [3.63, 3.8) is 0 Å². The number of nitrogen functional groups attached to an aromatic ring is 1. The molecule has 1 aliphatic rings. The Morgan fingerprint density at radius 1 is 1.79 bits per heavy atom. The van der Waals surface area contributed by atoms with Gasteiger partial charge in [0.05, 0.1) is 11.0 Å². The average molecular weight is 214 g/mol. The first-order chi connectivity index (χ1) is 6.64. The number of hydrogen-bond acceptors (Lipinski definition) is 5. The lowest BCUT2D eigenvalue weighted by Crippen LogP contribution is -2.45. The number of ether oxygens (including phenoxy) is 1. The van der Waals surface area contributed by atoms with Gasteiger partial charge in [0, 0.05) is 25.6 Å². The second kappa shape index (κ2) is 3.49. The zero-order chi connectivity index (χ0) is 10.2. The minimum Gasteiger partial charge on any atom is -0.384 e. The Hall–Kier alpha value is -0.650. The van der Waals surface area contributed by atoms with Crippen molar-refractivity contribution in [3.8, 4) is 0 Å². The summed E-state index contributed by atoms with van der Waals surface area (Å²) in [7, 11) is 0. The number of nitrogens with zero attached hydrogens (tertiary/aromatic N) is 1. The molecule has 3 N–H and O–H groups in total. The van der Waals surface area contributed by atoms with Crippen LogP contribution in [0.2, 0.25) is 0 Å². The van der Waals surface area contributed by atoms with E-state index in [0.717, 1.165) is 4.88 Å². The molecule has 5 heteroatoms. The topological polar surface area (TPSA) is 68.4 Å². The van der Waals surface area contributed by atoms with E-state index in [1.807, 2.05) is 6.92 Å². The zero-order valence-electron chi connectivity index (χ0n) is 8.06. The second-order valence-corrected chi connectivity index (χ2v) is 4.64. The third kappa shape index (κ3) is 1.63. The van der Waals surface area contributed by atoms with Crippen molar-refractivity contribution in [3.05, 3.63) is 11.1 Å². The number of hydrogen-bond donors (Lipinski definition) is 2. The fourth-order valence-corrected chi connectivity index (χ4v) is 2.54. The van der Waals surface area contributed by atoms with Crippen molar-refractivity contribution in [2.24, 2.45) is 0 Å². The van der Waals surface area contributed by atoms with Gasteiger partial charge >= 0.3 is 0 Å². The van der Waals surface area contributed by atoms with Crippen LogP contribution in [0.25, 0.3) is 0 Å². The smallest absolute Gasteiger partial charge is 0.180 e. The second-order valence-electron chi connectivity index (χ2n) is 3.58. The molecule has 0 spiro atoms. The first-order valence-electron chi connectivity index (χ1n) is 4.70. The van der Waals surface area contributed by atoms with Gasteiger partial charge in [-0.1, -0.05) is 11.3 Å². The molecule has 78 valence electrons. The quantitative estimate of drug-likeness (QED) is 0.791. The predicted octanol–water partition coefficient (Wildman–Crippen LogP) is 1.11. The molecule has 0 saturated heterocycles. The molecule has 14 heavy (non-hydrogen) atoms. The number of anilines is 1. The molecule has 1 aromatic heterocycles. The molecule has 1 saturated carbocycles. The third-order valence-electron chi connectivity index (χ3n) is 2.52. The van der Waals surface area contributed by atoms with Gasteiger partial charge in [0.25, 0.3) is 0 Å². The van der Waals surface area contributed by atoms with E-state index >= 15 is 0 Å². The fourth-order valence-electron chi connectivity index (χ4n) is 1.75. The van der Waals surface area contributed by atoms with Crippen LogP contribution in [0, 0.1) is 0 Å². The maximum absolute atomic E-state index is 10.1. The SMILES string of the molecule is CCOC1CC(O)(c2cnc(N)s2)C1. The highest BCUT2D eigenvalue weighted by molar-refractivity contribution is 7.15. The van der Waals surface area contributed by atoms with Crippen LogP contribution in [-0.4, -0.2) is 22.8 Å². The minimum atomic E-state index is -0.741. The lowest BCUT2D eigenvalue weighted by atomic mass is 9.76. The van der Waals surface area contributed by atoms with Crippen molar-refractivity contribution in [2.45, 2.75) is 31.5 Å². The van der Waals surface area contributed by atoms with Gasteiger partial charge in [-0.3, -0.25) is 0 Å². The monoisotopic (exact) mass is 214 g/mol. The Balaban J connectivity index is 2.00. The summed E-state index contributed by atoms with van der Waals surface area (Å²) in [5.41, 5.74) is 4.77. The summed E-state index contributed by atoms with van der Waals surface area (Å²) < 4.78 is 5.39. The molecule has 4 nitrogen and oxygen atoms in total. The van der Waals surface area contributed by atoms with E-state index in [4.69, 9.17) is 10.5 Å². The summed E-state index contributed by atoms with van der Waals surface area (Å²) in [6.07, 6.45) is 3.15. The first-order valence-corrected chi connectivity index (χ1v) is 5.51. The van der Waals surface area contributed by atoms with Crippen LogP contribution in [0.15, 0.2) is 6.20 Å². The number of nitrogens with two attached hydrogens (primary N) is 1. The van der Waals surface area contributed by atoms with E-state index in [1.54, 1.807) is 6.20 Å². The zero-order valence-corrected chi connectivity index (χ0v) is 8.88. The molecule has 0 bridgehead atoms. The molecule has 0 aliphatic heterocycles. The normalized spacial score (nSPS) is 31.4. The van der Waals surface area contributed by atoms with Crippen LogP contribution >= 0.6 is 11.3 Å². The summed E-state index contributed by atoms with van der Waals surface area (Å²) in [5.74, 6) is 0. The average Bonchev–Trinajstić information content (AvgIpc) is 2.49. The van der Waals surface area contributed by atoms with Gasteiger partial charge in [-0.15, -0.1) is 0 Å². The maximum Gasteiger partial charge on any atom is 0.180 e. The van der Waals surface area contributed by atoms with Crippen molar-refractivity contribution in [2.75, 3.05) is 12.3 Å². The van der Waals surface area contributed by atoms with Crippen LogP contribution in [-0.2, 0) is 10.3 Å². The van der Waals surface area contributed by atoms with Gasteiger partial charge in [0.1, 0.15) is 5.60 Å². The maximum atomic E-state index is 10.1. The Morgan fingerprint density at radius 3 is 3.00 bits per heavy atom. The van der Waals surface area contributed by atoms with Crippen LogP contribution in [0.1, 0.15) is 24.6 Å². The van der Waals surface area contributed by atoms with Gasteiger partial charge < -0.3 is 15.6 Å². The van der Waals surface area contributed by atoms with Gasteiger partial charge in [-0.25, -0.2) is 4.98 Å². The molecule has 2 rings (SSSR count). The lowest BCUT2D eigenvalue weighted by Gasteiger charge is -2.42. The molecular formula is C9H14N2O2S. The van der Waals surface area contributed by atoms with Crippen molar-refractivity contribution >= 4 is 16.5 Å². The molecule has 1 heterocycles. The van der Waals surface area contributed by atoms with Crippen LogP contribution < -0.4 is 5.73 Å². The van der Waals surface area contributed by atoms with E-state index in [0.29, 0.717) is 24.6 Å². The molecule has 1 fully saturated rings. The number of rotatable bonds is 3. The Kier molecular flexibility index (Phi) is 2.47. The Morgan fingerprint density at radius 2 is 2.50 bits per heavy atom. The highest BCUT2D eigenvalue weighted by atomic mass is 32.1. The number of aliphatic hydroxyl groups is 1. The van der Waals surface area contributed by atoms with Crippen LogP contribution in [0.5, 0.6) is 0 Å². The molecule has 0 radical (unpaired) electrons. The summed E-state index contributed by atoms with van der Waals surface area (Å²) in [6.45, 7) is 2.66. The summed E-state index contributed by atoms with van der Waals surface area (Å²) in [5, 5.41) is 10.6. The van der Waals surface area contributed by atoms with E-state index in [1.165, 1.54) is 11.3 Å². The van der Waals surface area contributed by atoms with Crippen molar-refractivity contribution in [1.82, 2.24) is 4.98 Å². The summed E-state index contributed by atoms with van der Waals surface area (Å²) in [6, 6.07) is 0. The van der Waals surface area contributed by atoms with E-state index in [2.05, 4.69) is 4.98 Å². The molecule has 0 atom stereocenters. The molecule has 0 amide bonds. The first kappa shape index (κ1) is 9.89. The Bertz CT molecular complexity index is 320. The molecule has 1 aromatic rings. The van der Waals surface area contributed by atoms with Crippen molar-refractivity contribution in [1.29, 1.82) is 0 Å². The molecule has 0 unspecified atom stereocenters. The molecule has 0 aromatic carbocycles. The highest BCUT2D eigenvalue weighted by Crippen LogP contribution is 2.45. The summed E-state index contributed by atoms with van der Waals surface area (Å²) >= 11 is 1.35. The lowest BCUT2D eigenvalue weighted by molar-refractivity contribution is -0.140. The van der Waals surface area contributed by atoms with E-state index < -0.39 is 5.60 Å². The molecule has 1 aliphatic carbocycles. The predicted molar refractivity (Wildman–Crippen MR) is 55.1 cm³/mol. The standard InChI is InChI=1S/C9H14N2O2S/c1-2-13-6-3-9(12,4-6)7-5-11-8(10)14-7/h5-6,12H,2-4H2,1H3,(H2,10,11). The highest BCUT2D eigenvalue weighted by Gasteiger charge is 2.45. The van der Waals surface area contributed by atoms with E-state index in [9.17, 15) is 5.11 Å². The van der Waals surface area contributed by atoms with Crippen LogP contribution in [0.4, 0.5) is 5.13 Å². The number of aromatic nitrogens is 1. The Labute approximate surface area is 86.7 Å². The van der Waals surface area contributed by atoms with Gasteiger partial charge in [0.2, 0.25) is 0 Å². The largest absolute Gasteiger partial charge is 0.384 e. The van der Waals surface area contributed by atoms with Crippen LogP contribution in [0.3, 0.4) is 0 Å². The fraction of sp³-hybridized carbons (Fsp3) is 0.667. The molecular weight excluding hydrogens is 200 g/mol. The van der Waals surface area contributed by atoms with Gasteiger partial charge in [-0.2, -0.15) is 0 Å². The third-order valence-corrected chi connectivity index (χ3v) is 3.54. The van der Waals surface area contributed by atoms with Gasteiger partial charge in [0.15, 0.2) is 5.13 Å². The van der Waals surface area contributed by atoms with E-state index in [-0.39, 0.29) is 6.10 Å². The number of thiazole rings is 1.